The molecular weight excluding hydrogens is 361 g/mol. The largest absolute Gasteiger partial charge is 0.342 e. The van der Waals surface area contributed by atoms with Gasteiger partial charge >= 0.3 is 0 Å². The Labute approximate surface area is 174 Å². The minimum absolute atomic E-state index is 0.0102. The fraction of sp³-hybridized carbons (Fsp3) is 0.0385. The first kappa shape index (κ1) is 12.7. The van der Waals surface area contributed by atoms with E-state index >= 15 is 0 Å². The number of hydrogen-bond donors (Lipinski definition) is 0. The second-order valence-corrected chi connectivity index (χ2v) is 6.78. The highest BCUT2D eigenvalue weighted by molar-refractivity contribution is 6.21. The van der Waals surface area contributed by atoms with Gasteiger partial charge in [-0.15, -0.1) is 0 Å². The fourth-order valence-electron chi connectivity index (χ4n) is 3.55. The van der Waals surface area contributed by atoms with E-state index in [0.29, 0.717) is 16.5 Å². The van der Waals surface area contributed by atoms with Crippen LogP contribution in [-0.2, 0) is 6.54 Å². The molecule has 0 saturated heterocycles. The second-order valence-electron chi connectivity index (χ2n) is 6.78. The third kappa shape index (κ3) is 3.11. The van der Waals surface area contributed by atoms with E-state index < -0.39 is 23.7 Å². The monoisotopic (exact) mass is 384 g/mol. The maximum Gasteiger partial charge on any atom is 0.195 e. The Kier molecular flexibility index (Phi) is 3.07. The van der Waals surface area contributed by atoms with Crippen molar-refractivity contribution in [1.29, 1.82) is 0 Å². The predicted molar refractivity (Wildman–Crippen MR) is 115 cm³/mol. The molecule has 0 aliphatic carbocycles. The van der Waals surface area contributed by atoms with E-state index in [1.165, 1.54) is 16.7 Å². The molecule has 0 unspecified atom stereocenters. The molecule has 0 aliphatic rings. The number of carbonyl (C=O) groups is 1. The Hall–Kier alpha value is -3.72. The lowest BCUT2D eigenvalue weighted by atomic mass is 9.97. The van der Waals surface area contributed by atoms with Gasteiger partial charge in [0.15, 0.2) is 5.78 Å². The Bertz CT molecular complexity index is 1600. The lowest BCUT2D eigenvalue weighted by Crippen LogP contribution is -2.02. The van der Waals surface area contributed by atoms with Crippen LogP contribution in [0, 0.1) is 5.82 Å². The van der Waals surface area contributed by atoms with Crippen molar-refractivity contribution in [1.82, 2.24) is 4.57 Å². The minimum atomic E-state index is -0.491. The van der Waals surface area contributed by atoms with E-state index in [9.17, 15) is 9.18 Å². The molecule has 5 rings (SSSR count). The summed E-state index contributed by atoms with van der Waals surface area (Å²) in [6, 6.07) is 16.6. The van der Waals surface area contributed by atoms with Gasteiger partial charge in [0, 0.05) is 34.7 Å². The summed E-state index contributed by atoms with van der Waals surface area (Å²) < 4.78 is 56.9. The van der Waals surface area contributed by atoms with Crippen molar-refractivity contribution < 1.29 is 16.0 Å². The van der Waals surface area contributed by atoms with Crippen LogP contribution >= 0.6 is 0 Å². The molecule has 0 spiro atoms. The highest BCUT2D eigenvalue weighted by Crippen LogP contribution is 2.27. The van der Waals surface area contributed by atoms with E-state index in [-0.39, 0.29) is 41.3 Å². The molecule has 4 aromatic carbocycles. The topological polar surface area (TPSA) is 22.0 Å². The Balaban J connectivity index is 1.82. The molecule has 0 fully saturated rings. The van der Waals surface area contributed by atoms with Gasteiger partial charge in [-0.1, -0.05) is 72.7 Å². The highest BCUT2D eigenvalue weighted by atomic mass is 19.1. The number of aromatic nitrogens is 1. The van der Waals surface area contributed by atoms with Gasteiger partial charge in [0.25, 0.3) is 0 Å². The SMILES string of the molecule is [2H]c1c([2H])c([2H])c2c(c1[2H])c(C(=O)c1cccc3ccccc13)c([2H])n2Cc1ccc(F)cc1. The Morgan fingerprint density at radius 1 is 0.862 bits per heavy atom. The van der Waals surface area contributed by atoms with E-state index in [4.69, 9.17) is 6.85 Å². The molecule has 1 aromatic heterocycles. The maximum absolute atomic E-state index is 13.8. The van der Waals surface area contributed by atoms with E-state index in [2.05, 4.69) is 0 Å². The molecule has 3 heteroatoms. The first-order valence-electron chi connectivity index (χ1n) is 11.7. The normalized spacial score (nSPS) is 13.6. The maximum atomic E-state index is 13.8. The van der Waals surface area contributed by atoms with Crippen LogP contribution in [0.4, 0.5) is 4.39 Å². The summed E-state index contributed by atoms with van der Waals surface area (Å²) >= 11 is 0. The zero-order valence-corrected chi connectivity index (χ0v) is 15.3. The van der Waals surface area contributed by atoms with Crippen LogP contribution in [-0.4, -0.2) is 10.4 Å². The van der Waals surface area contributed by atoms with Gasteiger partial charge in [0.2, 0.25) is 0 Å². The molecule has 140 valence electrons. The smallest absolute Gasteiger partial charge is 0.195 e. The van der Waals surface area contributed by atoms with Crippen molar-refractivity contribution in [2.24, 2.45) is 0 Å². The number of para-hydroxylation sites is 1. The number of benzene rings is 4. The lowest BCUT2D eigenvalue weighted by molar-refractivity contribution is 0.104. The van der Waals surface area contributed by atoms with Crippen LogP contribution in [0.5, 0.6) is 0 Å². The Morgan fingerprint density at radius 3 is 2.48 bits per heavy atom. The minimum Gasteiger partial charge on any atom is -0.342 e. The Morgan fingerprint density at radius 2 is 1.62 bits per heavy atom. The third-order valence-corrected chi connectivity index (χ3v) is 4.95. The summed E-state index contributed by atoms with van der Waals surface area (Å²) in [5, 5.41) is 1.54. The summed E-state index contributed by atoms with van der Waals surface area (Å²) in [6.45, 7) is 0.0422. The first-order chi connectivity index (χ1) is 16.3. The first-order valence-corrected chi connectivity index (χ1v) is 9.15. The van der Waals surface area contributed by atoms with Gasteiger partial charge < -0.3 is 4.57 Å². The van der Waals surface area contributed by atoms with Crippen molar-refractivity contribution in [2.45, 2.75) is 6.54 Å². The van der Waals surface area contributed by atoms with Crippen molar-refractivity contribution in [3.05, 3.63) is 120 Å². The average molecular weight is 384 g/mol. The second kappa shape index (κ2) is 7.02. The molecule has 0 bridgehead atoms. The lowest BCUT2D eigenvalue weighted by Gasteiger charge is -2.05. The molecule has 29 heavy (non-hydrogen) atoms. The number of ketones is 1. The van der Waals surface area contributed by atoms with E-state index in [1.54, 1.807) is 30.3 Å². The number of fused-ring (bicyclic) bond motifs is 2. The number of rotatable bonds is 4. The number of halogens is 1. The van der Waals surface area contributed by atoms with Gasteiger partial charge in [-0.05, 0) is 34.5 Å². The average Bonchev–Trinajstić information content (AvgIpc) is 3.14. The quantitative estimate of drug-likeness (QED) is 0.338. The number of nitrogens with zero attached hydrogens (tertiary/aromatic N) is 1. The van der Waals surface area contributed by atoms with Crippen LogP contribution < -0.4 is 0 Å². The summed E-state index contributed by atoms with van der Waals surface area (Å²) in [6.07, 6.45) is -0.218. The number of carbonyl (C=O) groups excluding carboxylic acids is 1. The summed E-state index contributed by atoms with van der Waals surface area (Å²) in [5.41, 5.74) is 0.965. The zero-order valence-electron chi connectivity index (χ0n) is 20.3. The molecule has 0 radical (unpaired) electrons. The van der Waals surface area contributed by atoms with Gasteiger partial charge in [0.05, 0.1) is 6.85 Å². The van der Waals surface area contributed by atoms with Crippen LogP contribution in [0.1, 0.15) is 28.3 Å². The van der Waals surface area contributed by atoms with Gasteiger partial charge in [-0.2, -0.15) is 0 Å². The highest BCUT2D eigenvalue weighted by Gasteiger charge is 2.18. The standard InChI is InChI=1S/C26H18FNO/c27-20-14-12-18(13-15-20)16-28-17-24(22-9-3-4-11-25(22)28)26(29)23-10-5-7-19-6-1-2-8-21(19)23/h1-15,17H,16H2/i3D,4D,9D,11D,17D. The van der Waals surface area contributed by atoms with Crippen LogP contribution in [0.2, 0.25) is 0 Å². The molecule has 0 N–H and O–H groups in total. The molecular formula is C26H18FNO. The molecule has 0 amide bonds. The van der Waals surface area contributed by atoms with Crippen LogP contribution in [0.3, 0.4) is 0 Å². The molecule has 0 saturated carbocycles. The zero-order chi connectivity index (χ0) is 24.1. The van der Waals surface area contributed by atoms with Crippen LogP contribution in [0.25, 0.3) is 21.7 Å². The van der Waals surface area contributed by atoms with Crippen LogP contribution in [0.15, 0.2) is 97.1 Å². The molecule has 2 nitrogen and oxygen atoms in total. The summed E-state index contributed by atoms with van der Waals surface area (Å²) in [7, 11) is 0. The summed E-state index contributed by atoms with van der Waals surface area (Å²) in [5.74, 6) is -0.907. The summed E-state index contributed by atoms with van der Waals surface area (Å²) in [4.78, 5) is 13.8. The molecule has 0 atom stereocenters. The number of hydrogen-bond acceptors (Lipinski definition) is 1. The van der Waals surface area contributed by atoms with Gasteiger partial charge in [-0.3, -0.25) is 4.79 Å². The van der Waals surface area contributed by atoms with Crippen molar-refractivity contribution in [2.75, 3.05) is 0 Å². The molecule has 5 aromatic rings. The van der Waals surface area contributed by atoms with E-state index in [1.807, 2.05) is 24.3 Å². The molecule has 1 heterocycles. The third-order valence-electron chi connectivity index (χ3n) is 4.95. The van der Waals surface area contributed by atoms with Crippen molar-refractivity contribution >= 4 is 27.5 Å². The van der Waals surface area contributed by atoms with E-state index in [0.717, 1.165) is 5.39 Å². The van der Waals surface area contributed by atoms with Gasteiger partial charge in [0.1, 0.15) is 5.82 Å². The predicted octanol–water partition coefficient (Wildman–Crippen LogP) is 6.21. The molecule has 0 aliphatic heterocycles. The fourth-order valence-corrected chi connectivity index (χ4v) is 3.55. The van der Waals surface area contributed by atoms with Crippen molar-refractivity contribution in [3.8, 4) is 0 Å². The van der Waals surface area contributed by atoms with Crippen molar-refractivity contribution in [3.63, 3.8) is 0 Å². The van der Waals surface area contributed by atoms with Gasteiger partial charge in [-0.25, -0.2) is 4.39 Å².